The zero-order valence-electron chi connectivity index (χ0n) is 13.1. The molecule has 0 amide bonds. The van der Waals surface area contributed by atoms with Gasteiger partial charge in [-0.15, -0.1) is 0 Å². The molecular weight excluding hydrogens is 314 g/mol. The lowest BCUT2D eigenvalue weighted by Gasteiger charge is -2.27. The van der Waals surface area contributed by atoms with Crippen LogP contribution >= 0.6 is 0 Å². The van der Waals surface area contributed by atoms with Gasteiger partial charge in [0.15, 0.2) is 0 Å². The Labute approximate surface area is 136 Å². The summed E-state index contributed by atoms with van der Waals surface area (Å²) in [6.45, 7) is 2.47. The normalized spacial score (nSPS) is 17.2. The van der Waals surface area contributed by atoms with Crippen molar-refractivity contribution in [2.75, 3.05) is 13.7 Å². The number of nitrogens with one attached hydrogen (secondary N) is 1. The molecule has 5 nitrogen and oxygen atoms in total. The van der Waals surface area contributed by atoms with Crippen molar-refractivity contribution in [3.8, 4) is 11.5 Å². The number of sulfonamides is 1. The van der Waals surface area contributed by atoms with Crippen LogP contribution in [0.2, 0.25) is 0 Å². The highest BCUT2D eigenvalue weighted by Crippen LogP contribution is 2.33. The summed E-state index contributed by atoms with van der Waals surface area (Å²) in [7, 11) is -2.06. The first-order valence-electron chi connectivity index (χ1n) is 7.39. The van der Waals surface area contributed by atoms with Crippen LogP contribution in [-0.2, 0) is 10.0 Å². The fourth-order valence-electron chi connectivity index (χ4n) is 2.65. The largest absolute Gasteiger partial charge is 0.497 e. The number of hydrogen-bond acceptors (Lipinski definition) is 4. The first-order valence-corrected chi connectivity index (χ1v) is 8.87. The smallest absolute Gasteiger partial charge is 0.241 e. The van der Waals surface area contributed by atoms with Crippen LogP contribution < -0.4 is 14.2 Å². The van der Waals surface area contributed by atoms with Gasteiger partial charge in [-0.3, -0.25) is 0 Å². The lowest BCUT2D eigenvalue weighted by atomic mass is 10.00. The summed E-state index contributed by atoms with van der Waals surface area (Å²) < 4.78 is 38.7. The fraction of sp³-hybridized carbons (Fsp3) is 0.294. The van der Waals surface area contributed by atoms with Crippen molar-refractivity contribution < 1.29 is 17.9 Å². The van der Waals surface area contributed by atoms with E-state index in [1.807, 2.05) is 25.1 Å². The van der Waals surface area contributed by atoms with Gasteiger partial charge >= 0.3 is 0 Å². The Kier molecular flexibility index (Phi) is 4.28. The van der Waals surface area contributed by atoms with E-state index in [1.54, 1.807) is 19.2 Å². The molecule has 0 aliphatic carbocycles. The van der Waals surface area contributed by atoms with Crippen molar-refractivity contribution in [2.45, 2.75) is 24.3 Å². The van der Waals surface area contributed by atoms with Crippen molar-refractivity contribution in [1.29, 1.82) is 0 Å². The van der Waals surface area contributed by atoms with E-state index in [9.17, 15) is 8.42 Å². The molecule has 2 aromatic carbocycles. The third-order valence-corrected chi connectivity index (χ3v) is 5.36. The molecule has 0 spiro atoms. The van der Waals surface area contributed by atoms with Crippen LogP contribution in [0.15, 0.2) is 47.4 Å². The molecule has 23 heavy (non-hydrogen) atoms. The number of methoxy groups -OCH3 is 1. The van der Waals surface area contributed by atoms with Gasteiger partial charge in [-0.1, -0.05) is 17.7 Å². The van der Waals surface area contributed by atoms with E-state index in [0.29, 0.717) is 18.8 Å². The lowest BCUT2D eigenvalue weighted by Crippen LogP contribution is -2.32. The third kappa shape index (κ3) is 3.33. The second kappa shape index (κ2) is 6.22. The maximum atomic E-state index is 12.6. The number of fused-ring (bicyclic) bond motifs is 1. The average Bonchev–Trinajstić information content (AvgIpc) is 2.55. The summed E-state index contributed by atoms with van der Waals surface area (Å²) in [5, 5.41) is 0. The Morgan fingerprint density at radius 2 is 1.91 bits per heavy atom. The Balaban J connectivity index is 1.88. The van der Waals surface area contributed by atoms with Gasteiger partial charge < -0.3 is 9.47 Å². The predicted molar refractivity (Wildman–Crippen MR) is 87.3 cm³/mol. The molecule has 0 aromatic heterocycles. The van der Waals surface area contributed by atoms with Gasteiger partial charge in [0.2, 0.25) is 10.0 Å². The second-order valence-corrected chi connectivity index (χ2v) is 7.24. The van der Waals surface area contributed by atoms with Crippen molar-refractivity contribution in [3.63, 3.8) is 0 Å². The van der Waals surface area contributed by atoms with E-state index < -0.39 is 10.0 Å². The Hall–Kier alpha value is -2.05. The van der Waals surface area contributed by atoms with Crippen molar-refractivity contribution in [1.82, 2.24) is 4.72 Å². The molecule has 1 atom stereocenters. The minimum atomic E-state index is -3.60. The molecule has 1 aliphatic rings. The predicted octanol–water partition coefficient (Wildman–Crippen LogP) is 2.81. The van der Waals surface area contributed by atoms with Crippen molar-refractivity contribution >= 4 is 10.0 Å². The minimum absolute atomic E-state index is 0.221. The maximum Gasteiger partial charge on any atom is 0.241 e. The van der Waals surface area contributed by atoms with Crippen LogP contribution in [0.1, 0.15) is 23.6 Å². The summed E-state index contributed by atoms with van der Waals surface area (Å²) in [6, 6.07) is 11.9. The van der Waals surface area contributed by atoms with Gasteiger partial charge in [-0.2, -0.15) is 0 Å². The summed E-state index contributed by atoms with van der Waals surface area (Å²) in [4.78, 5) is 0.221. The van der Waals surface area contributed by atoms with E-state index in [-0.39, 0.29) is 10.9 Å². The molecule has 0 bridgehead atoms. The Morgan fingerprint density at radius 1 is 1.17 bits per heavy atom. The topological polar surface area (TPSA) is 64.6 Å². The molecular formula is C17H19NO4S. The fourth-order valence-corrected chi connectivity index (χ4v) is 3.90. The van der Waals surface area contributed by atoms with Gasteiger partial charge in [-0.25, -0.2) is 13.1 Å². The summed E-state index contributed by atoms with van der Waals surface area (Å²) in [5.41, 5.74) is 1.95. The third-order valence-electron chi connectivity index (χ3n) is 3.87. The molecule has 2 aromatic rings. The monoisotopic (exact) mass is 333 g/mol. The first kappa shape index (κ1) is 15.8. The van der Waals surface area contributed by atoms with Crippen LogP contribution in [-0.4, -0.2) is 22.1 Å². The number of aryl methyl sites for hydroxylation is 1. The highest BCUT2D eigenvalue weighted by Gasteiger charge is 2.26. The van der Waals surface area contributed by atoms with E-state index in [4.69, 9.17) is 9.47 Å². The quantitative estimate of drug-likeness (QED) is 0.934. The summed E-state index contributed by atoms with van der Waals surface area (Å²) in [5.74, 6) is 1.36. The van der Waals surface area contributed by atoms with Crippen LogP contribution in [0.3, 0.4) is 0 Å². The number of ether oxygens (including phenoxy) is 2. The van der Waals surface area contributed by atoms with Crippen molar-refractivity contribution in [2.24, 2.45) is 0 Å². The van der Waals surface area contributed by atoms with Gasteiger partial charge in [0, 0.05) is 12.0 Å². The number of hydrogen-bond donors (Lipinski definition) is 1. The standard InChI is InChI=1S/C17H19NO4S/c1-12-3-8-17-15(11-12)16(9-10-22-17)18-23(19,20)14-6-4-13(21-2)5-7-14/h3-8,11,16,18H,9-10H2,1-2H3. The van der Waals surface area contributed by atoms with Crippen molar-refractivity contribution in [3.05, 3.63) is 53.6 Å². The molecule has 1 N–H and O–H groups in total. The zero-order valence-corrected chi connectivity index (χ0v) is 13.9. The van der Waals surface area contributed by atoms with Crippen LogP contribution in [0.25, 0.3) is 0 Å². The van der Waals surface area contributed by atoms with E-state index in [1.165, 1.54) is 12.1 Å². The molecule has 0 fully saturated rings. The Morgan fingerprint density at radius 3 is 2.61 bits per heavy atom. The van der Waals surface area contributed by atoms with Gasteiger partial charge in [0.05, 0.1) is 24.7 Å². The first-order chi connectivity index (χ1) is 11.0. The highest BCUT2D eigenvalue weighted by molar-refractivity contribution is 7.89. The lowest BCUT2D eigenvalue weighted by molar-refractivity contribution is 0.263. The molecule has 0 radical (unpaired) electrons. The van der Waals surface area contributed by atoms with Gasteiger partial charge in [0.25, 0.3) is 0 Å². The molecule has 1 heterocycles. The molecule has 1 unspecified atom stereocenters. The summed E-state index contributed by atoms with van der Waals surface area (Å²) >= 11 is 0. The van der Waals surface area contributed by atoms with Crippen LogP contribution in [0.4, 0.5) is 0 Å². The Bertz CT molecular complexity index is 800. The van der Waals surface area contributed by atoms with Crippen LogP contribution in [0.5, 0.6) is 11.5 Å². The SMILES string of the molecule is COc1ccc(S(=O)(=O)NC2CCOc3ccc(C)cc32)cc1. The second-order valence-electron chi connectivity index (χ2n) is 5.53. The van der Waals surface area contributed by atoms with Gasteiger partial charge in [-0.05, 0) is 37.3 Å². The molecule has 3 rings (SSSR count). The summed E-state index contributed by atoms with van der Waals surface area (Å²) in [6.07, 6.45) is 0.603. The molecule has 0 saturated carbocycles. The molecule has 122 valence electrons. The maximum absolute atomic E-state index is 12.6. The van der Waals surface area contributed by atoms with Gasteiger partial charge in [0.1, 0.15) is 11.5 Å². The minimum Gasteiger partial charge on any atom is -0.497 e. The number of rotatable bonds is 4. The highest BCUT2D eigenvalue weighted by atomic mass is 32.2. The average molecular weight is 333 g/mol. The van der Waals surface area contributed by atoms with E-state index in [2.05, 4.69) is 4.72 Å². The zero-order chi connectivity index (χ0) is 16.4. The molecule has 0 saturated heterocycles. The van der Waals surface area contributed by atoms with E-state index >= 15 is 0 Å². The molecule has 1 aliphatic heterocycles. The molecule has 6 heteroatoms. The number of benzene rings is 2. The van der Waals surface area contributed by atoms with E-state index in [0.717, 1.165) is 16.9 Å². The van der Waals surface area contributed by atoms with Crippen LogP contribution in [0, 0.1) is 6.92 Å².